The molecule has 0 heterocycles. The second-order valence-electron chi connectivity index (χ2n) is 1.91. The molecule has 0 rings (SSSR count). The number of hydrogen-bond acceptors (Lipinski definition) is 4. The third-order valence-electron chi connectivity index (χ3n) is 0.963. The second-order valence-corrected chi connectivity index (χ2v) is 1.91. The summed E-state index contributed by atoms with van der Waals surface area (Å²) >= 11 is 0. The molecular weight excluding hydrogens is 148 g/mol. The van der Waals surface area contributed by atoms with Gasteiger partial charge >= 0.3 is 6.16 Å². The van der Waals surface area contributed by atoms with Crippen LogP contribution in [-0.4, -0.2) is 33.1 Å². The Kier molecular flexibility index (Phi) is 6.82. The van der Waals surface area contributed by atoms with E-state index in [2.05, 4.69) is 9.47 Å². The average molecular weight is 162 g/mol. The van der Waals surface area contributed by atoms with Crippen molar-refractivity contribution in [2.75, 3.05) is 26.9 Å². The van der Waals surface area contributed by atoms with Crippen molar-refractivity contribution in [2.45, 2.75) is 13.3 Å². The molecule has 0 unspecified atom stereocenters. The molecule has 0 amide bonds. The number of carbonyl (C=O) groups is 1. The topological polar surface area (TPSA) is 44.8 Å². The summed E-state index contributed by atoms with van der Waals surface area (Å²) in [4.78, 5) is 10.3. The molecule has 0 aliphatic carbocycles. The van der Waals surface area contributed by atoms with Crippen LogP contribution < -0.4 is 0 Å². The highest BCUT2D eigenvalue weighted by molar-refractivity contribution is 5.59. The van der Waals surface area contributed by atoms with Gasteiger partial charge in [-0.3, -0.25) is 0 Å². The van der Waals surface area contributed by atoms with Crippen molar-refractivity contribution in [1.82, 2.24) is 0 Å². The Morgan fingerprint density at radius 2 is 2.00 bits per heavy atom. The van der Waals surface area contributed by atoms with Crippen LogP contribution in [0.1, 0.15) is 13.3 Å². The average Bonchev–Trinajstić information content (AvgIpc) is 2.04. The first-order valence-corrected chi connectivity index (χ1v) is 3.59. The fraction of sp³-hybridized carbons (Fsp3) is 0.857. The zero-order chi connectivity index (χ0) is 8.53. The highest BCUT2D eigenvalue weighted by atomic mass is 16.7. The van der Waals surface area contributed by atoms with Crippen LogP contribution in [0.4, 0.5) is 4.79 Å². The molecule has 0 aliphatic rings. The highest BCUT2D eigenvalue weighted by Crippen LogP contribution is 1.84. The number of hydrogen-bond donors (Lipinski definition) is 0. The summed E-state index contributed by atoms with van der Waals surface area (Å²) in [5.74, 6) is 0. The van der Waals surface area contributed by atoms with Crippen LogP contribution in [-0.2, 0) is 14.2 Å². The van der Waals surface area contributed by atoms with E-state index in [1.54, 1.807) is 0 Å². The van der Waals surface area contributed by atoms with Crippen LogP contribution in [0.5, 0.6) is 0 Å². The molecule has 0 aromatic heterocycles. The van der Waals surface area contributed by atoms with Gasteiger partial charge in [-0.25, -0.2) is 4.79 Å². The SMILES string of the molecule is CCCOCCOC(=O)OC. The molecule has 0 N–H and O–H groups in total. The van der Waals surface area contributed by atoms with Gasteiger partial charge in [0, 0.05) is 6.61 Å². The van der Waals surface area contributed by atoms with Crippen LogP contribution in [0.15, 0.2) is 0 Å². The predicted octanol–water partition coefficient (Wildman–Crippen LogP) is 1.20. The number of methoxy groups -OCH3 is 1. The van der Waals surface area contributed by atoms with Crippen molar-refractivity contribution >= 4 is 6.16 Å². The number of rotatable bonds is 5. The van der Waals surface area contributed by atoms with Gasteiger partial charge in [-0.1, -0.05) is 6.92 Å². The normalized spacial score (nSPS) is 9.27. The Bertz CT molecular complexity index is 103. The smallest absolute Gasteiger partial charge is 0.438 e. The van der Waals surface area contributed by atoms with E-state index >= 15 is 0 Å². The minimum atomic E-state index is -0.662. The van der Waals surface area contributed by atoms with Gasteiger partial charge in [0.25, 0.3) is 0 Å². The van der Waals surface area contributed by atoms with E-state index in [0.29, 0.717) is 13.2 Å². The molecule has 0 radical (unpaired) electrons. The van der Waals surface area contributed by atoms with Gasteiger partial charge in [0.05, 0.1) is 13.7 Å². The zero-order valence-corrected chi connectivity index (χ0v) is 6.96. The fourth-order valence-electron chi connectivity index (χ4n) is 0.489. The first-order chi connectivity index (χ1) is 5.31. The molecule has 0 aromatic carbocycles. The lowest BCUT2D eigenvalue weighted by Gasteiger charge is -2.02. The molecule has 0 fully saturated rings. The summed E-state index contributed by atoms with van der Waals surface area (Å²) in [6.07, 6.45) is 0.309. The summed E-state index contributed by atoms with van der Waals surface area (Å²) < 4.78 is 13.8. The second kappa shape index (κ2) is 7.34. The molecule has 0 atom stereocenters. The van der Waals surface area contributed by atoms with Crippen molar-refractivity contribution in [3.63, 3.8) is 0 Å². The lowest BCUT2D eigenvalue weighted by Crippen LogP contribution is -2.10. The lowest BCUT2D eigenvalue weighted by atomic mass is 10.5. The molecule has 11 heavy (non-hydrogen) atoms. The summed E-state index contributed by atoms with van der Waals surface area (Å²) in [6.45, 7) is 3.40. The van der Waals surface area contributed by atoms with E-state index < -0.39 is 6.16 Å². The molecule has 4 nitrogen and oxygen atoms in total. The van der Waals surface area contributed by atoms with Crippen molar-refractivity contribution in [3.8, 4) is 0 Å². The summed E-state index contributed by atoms with van der Waals surface area (Å²) in [6, 6.07) is 0. The molecule has 0 aliphatic heterocycles. The van der Waals surface area contributed by atoms with Crippen LogP contribution in [0.3, 0.4) is 0 Å². The molecule has 0 saturated carbocycles. The van der Waals surface area contributed by atoms with E-state index in [1.165, 1.54) is 7.11 Å². The Morgan fingerprint density at radius 1 is 1.27 bits per heavy atom. The minimum Gasteiger partial charge on any atom is -0.438 e. The van der Waals surface area contributed by atoms with Crippen LogP contribution in [0.2, 0.25) is 0 Å². The Morgan fingerprint density at radius 3 is 2.55 bits per heavy atom. The number of ether oxygens (including phenoxy) is 3. The molecule has 4 heteroatoms. The first-order valence-electron chi connectivity index (χ1n) is 3.59. The summed E-state index contributed by atoms with van der Waals surface area (Å²) in [5.41, 5.74) is 0. The van der Waals surface area contributed by atoms with E-state index in [4.69, 9.17) is 4.74 Å². The lowest BCUT2D eigenvalue weighted by molar-refractivity contribution is 0.0378. The van der Waals surface area contributed by atoms with Gasteiger partial charge in [-0.2, -0.15) is 0 Å². The third-order valence-corrected chi connectivity index (χ3v) is 0.963. The van der Waals surface area contributed by atoms with Gasteiger partial charge in [-0.15, -0.1) is 0 Å². The minimum absolute atomic E-state index is 0.257. The maximum atomic E-state index is 10.3. The van der Waals surface area contributed by atoms with Gasteiger partial charge in [-0.05, 0) is 6.42 Å². The largest absolute Gasteiger partial charge is 0.508 e. The first kappa shape index (κ1) is 10.2. The quantitative estimate of drug-likeness (QED) is 0.450. The highest BCUT2D eigenvalue weighted by Gasteiger charge is 1.97. The van der Waals surface area contributed by atoms with Crippen LogP contribution in [0, 0.1) is 0 Å². The molecule has 66 valence electrons. The molecular formula is C7H14O4. The van der Waals surface area contributed by atoms with Gasteiger partial charge in [0.1, 0.15) is 6.61 Å². The summed E-state index contributed by atoms with van der Waals surface area (Å²) in [7, 11) is 1.27. The maximum absolute atomic E-state index is 10.3. The van der Waals surface area contributed by atoms with E-state index in [9.17, 15) is 4.79 Å². The Labute approximate surface area is 66.4 Å². The van der Waals surface area contributed by atoms with Crippen molar-refractivity contribution < 1.29 is 19.0 Å². The Balaban J connectivity index is 2.95. The number of carbonyl (C=O) groups excluding carboxylic acids is 1. The monoisotopic (exact) mass is 162 g/mol. The summed E-state index contributed by atoms with van der Waals surface area (Å²) in [5, 5.41) is 0. The van der Waals surface area contributed by atoms with Gasteiger partial charge in [0.2, 0.25) is 0 Å². The Hall–Kier alpha value is -0.770. The van der Waals surface area contributed by atoms with Crippen molar-refractivity contribution in [3.05, 3.63) is 0 Å². The van der Waals surface area contributed by atoms with Crippen LogP contribution in [0.25, 0.3) is 0 Å². The molecule has 0 spiro atoms. The van der Waals surface area contributed by atoms with Crippen molar-refractivity contribution in [1.29, 1.82) is 0 Å². The molecule has 0 bridgehead atoms. The van der Waals surface area contributed by atoms with E-state index in [-0.39, 0.29) is 6.61 Å². The fourth-order valence-corrected chi connectivity index (χ4v) is 0.489. The standard InChI is InChI=1S/C7H14O4/c1-3-4-10-5-6-11-7(8)9-2/h3-6H2,1-2H3. The van der Waals surface area contributed by atoms with Gasteiger partial charge < -0.3 is 14.2 Å². The predicted molar refractivity (Wildman–Crippen MR) is 39.5 cm³/mol. The third kappa shape index (κ3) is 7.12. The maximum Gasteiger partial charge on any atom is 0.508 e. The molecule has 0 saturated heterocycles. The molecule has 0 aromatic rings. The zero-order valence-electron chi connectivity index (χ0n) is 6.96. The van der Waals surface area contributed by atoms with Crippen LogP contribution >= 0.6 is 0 Å². The van der Waals surface area contributed by atoms with Gasteiger partial charge in [0.15, 0.2) is 0 Å². The van der Waals surface area contributed by atoms with E-state index in [0.717, 1.165) is 6.42 Å². The van der Waals surface area contributed by atoms with E-state index in [1.807, 2.05) is 6.92 Å². The van der Waals surface area contributed by atoms with Crippen molar-refractivity contribution in [2.24, 2.45) is 0 Å².